The van der Waals surface area contributed by atoms with E-state index in [1.54, 1.807) is 27.0 Å². The molecule has 0 saturated carbocycles. The maximum Gasteiger partial charge on any atom is 0.534 e. The number of carbonyl (C=O) groups is 1. The SMILES string of the molecule is CSc1nc2c(c(OS(=O)(=O)C(F)(F)F)n1)CCCN(C(=O)OC(C)(C)C)C2. The molecule has 0 unspecified atom stereocenters. The van der Waals surface area contributed by atoms with E-state index in [2.05, 4.69) is 14.2 Å². The third-order valence-electron chi connectivity index (χ3n) is 3.54. The summed E-state index contributed by atoms with van der Waals surface area (Å²) in [6.07, 6.45) is 1.46. The predicted molar refractivity (Wildman–Crippen MR) is 94.4 cm³/mol. The van der Waals surface area contributed by atoms with Crippen LogP contribution in [-0.2, 0) is 27.8 Å². The molecule has 1 aliphatic rings. The molecule has 2 heterocycles. The molecule has 2 rings (SSSR count). The minimum Gasteiger partial charge on any atom is -0.444 e. The summed E-state index contributed by atoms with van der Waals surface area (Å²) in [6.45, 7) is 5.31. The predicted octanol–water partition coefficient (Wildman–Crippen LogP) is 3.11. The summed E-state index contributed by atoms with van der Waals surface area (Å²) >= 11 is 1.00. The molecule has 0 spiro atoms. The van der Waals surface area contributed by atoms with Crippen LogP contribution in [0.4, 0.5) is 18.0 Å². The molecule has 1 amide bonds. The number of halogens is 3. The summed E-state index contributed by atoms with van der Waals surface area (Å²) in [6, 6.07) is 0. The molecule has 8 nitrogen and oxygen atoms in total. The molecule has 0 fully saturated rings. The normalized spacial score (nSPS) is 15.6. The van der Waals surface area contributed by atoms with E-state index in [-0.39, 0.29) is 35.9 Å². The van der Waals surface area contributed by atoms with Crippen LogP contribution in [-0.4, -0.2) is 53.3 Å². The first kappa shape index (κ1) is 22.5. The van der Waals surface area contributed by atoms with Gasteiger partial charge in [0, 0.05) is 12.1 Å². The Balaban J connectivity index is 2.41. The number of alkyl halides is 3. The minimum atomic E-state index is -5.88. The summed E-state index contributed by atoms with van der Waals surface area (Å²) in [5, 5.41) is 0.0252. The second-order valence-corrected chi connectivity index (χ2v) is 9.24. The lowest BCUT2D eigenvalue weighted by molar-refractivity contribution is -0.0501. The summed E-state index contributed by atoms with van der Waals surface area (Å²) < 4.78 is 70.6. The van der Waals surface area contributed by atoms with Crippen LogP contribution in [0, 0.1) is 0 Å². The van der Waals surface area contributed by atoms with Gasteiger partial charge in [0.05, 0.1) is 12.2 Å². The highest BCUT2D eigenvalue weighted by atomic mass is 32.2. The van der Waals surface area contributed by atoms with Gasteiger partial charge in [-0.05, 0) is 39.9 Å². The van der Waals surface area contributed by atoms with E-state index in [4.69, 9.17) is 4.74 Å². The van der Waals surface area contributed by atoms with E-state index in [9.17, 15) is 26.4 Å². The number of amides is 1. The van der Waals surface area contributed by atoms with Crippen molar-refractivity contribution in [2.75, 3.05) is 12.8 Å². The highest BCUT2D eigenvalue weighted by molar-refractivity contribution is 7.98. The highest BCUT2D eigenvalue weighted by Crippen LogP contribution is 2.32. The second-order valence-electron chi connectivity index (χ2n) is 6.93. The van der Waals surface area contributed by atoms with E-state index in [1.807, 2.05) is 0 Å². The van der Waals surface area contributed by atoms with E-state index in [1.165, 1.54) is 4.90 Å². The van der Waals surface area contributed by atoms with E-state index in [0.717, 1.165) is 11.8 Å². The summed E-state index contributed by atoms with van der Waals surface area (Å²) in [7, 11) is -5.88. The standard InChI is InChI=1S/C15H20F3N3O5S2/c1-14(2,3)25-13(22)21-7-5-6-9-10(8-21)19-12(27-4)20-11(9)26-28(23,24)15(16,17)18/h5-8H2,1-4H3. The highest BCUT2D eigenvalue weighted by Gasteiger charge is 2.49. The average molecular weight is 443 g/mol. The lowest BCUT2D eigenvalue weighted by atomic mass is 10.1. The van der Waals surface area contributed by atoms with Crippen molar-refractivity contribution in [2.45, 2.75) is 56.4 Å². The van der Waals surface area contributed by atoms with Crippen molar-refractivity contribution in [2.24, 2.45) is 0 Å². The van der Waals surface area contributed by atoms with Gasteiger partial charge in [0.15, 0.2) is 5.16 Å². The number of hydrogen-bond acceptors (Lipinski definition) is 8. The summed E-state index contributed by atoms with van der Waals surface area (Å²) in [5.74, 6) is -0.669. The van der Waals surface area contributed by atoms with Gasteiger partial charge in [-0.25, -0.2) is 9.78 Å². The van der Waals surface area contributed by atoms with E-state index >= 15 is 0 Å². The molecule has 0 saturated heterocycles. The van der Waals surface area contributed by atoms with Gasteiger partial charge in [-0.1, -0.05) is 11.8 Å². The topological polar surface area (TPSA) is 98.7 Å². The Hall–Kier alpha value is -1.76. The largest absolute Gasteiger partial charge is 0.534 e. The number of rotatable bonds is 3. The van der Waals surface area contributed by atoms with Gasteiger partial charge < -0.3 is 13.8 Å². The number of aromatic nitrogens is 2. The lowest BCUT2D eigenvalue weighted by Crippen LogP contribution is -2.36. The smallest absolute Gasteiger partial charge is 0.444 e. The van der Waals surface area contributed by atoms with Crippen LogP contribution in [0.15, 0.2) is 5.16 Å². The fraction of sp³-hybridized carbons (Fsp3) is 0.667. The lowest BCUT2D eigenvalue weighted by Gasteiger charge is -2.26. The Kier molecular flexibility index (Phi) is 6.38. The van der Waals surface area contributed by atoms with Crippen LogP contribution in [0.2, 0.25) is 0 Å². The van der Waals surface area contributed by atoms with Gasteiger partial charge >= 0.3 is 21.7 Å². The maximum atomic E-state index is 12.7. The fourth-order valence-electron chi connectivity index (χ4n) is 2.37. The van der Waals surface area contributed by atoms with Crippen LogP contribution >= 0.6 is 11.8 Å². The Morgan fingerprint density at radius 1 is 1.21 bits per heavy atom. The first-order chi connectivity index (χ1) is 12.7. The van der Waals surface area contributed by atoms with Crippen molar-refractivity contribution in [3.8, 4) is 5.88 Å². The first-order valence-corrected chi connectivity index (χ1v) is 10.8. The zero-order chi connectivity index (χ0) is 21.3. The Labute approximate surface area is 164 Å². The number of nitrogens with zero attached hydrogens (tertiary/aromatic N) is 3. The molecule has 158 valence electrons. The molecular weight excluding hydrogens is 423 g/mol. The van der Waals surface area contributed by atoms with Gasteiger partial charge in [-0.2, -0.15) is 26.6 Å². The van der Waals surface area contributed by atoms with Gasteiger partial charge in [-0.15, -0.1) is 0 Å². The molecule has 28 heavy (non-hydrogen) atoms. The Morgan fingerprint density at radius 3 is 2.39 bits per heavy atom. The van der Waals surface area contributed by atoms with E-state index in [0.29, 0.717) is 6.42 Å². The van der Waals surface area contributed by atoms with Crippen molar-refractivity contribution < 1.29 is 35.3 Å². The van der Waals surface area contributed by atoms with Crippen molar-refractivity contribution in [3.05, 3.63) is 11.3 Å². The minimum absolute atomic E-state index is 0.0252. The molecule has 0 aromatic carbocycles. The third kappa shape index (κ3) is 5.40. The zero-order valence-corrected chi connectivity index (χ0v) is 17.3. The van der Waals surface area contributed by atoms with Gasteiger partial charge in [-0.3, -0.25) is 0 Å². The molecule has 0 aliphatic carbocycles. The molecule has 1 aromatic heterocycles. The Bertz CT molecular complexity index is 854. The van der Waals surface area contributed by atoms with Crippen molar-refractivity contribution in [1.82, 2.24) is 14.9 Å². The van der Waals surface area contributed by atoms with Crippen LogP contribution in [0.3, 0.4) is 0 Å². The van der Waals surface area contributed by atoms with Crippen molar-refractivity contribution >= 4 is 28.0 Å². The molecule has 0 N–H and O–H groups in total. The number of thioether (sulfide) groups is 1. The first-order valence-electron chi connectivity index (χ1n) is 8.16. The van der Waals surface area contributed by atoms with Gasteiger partial charge in [0.25, 0.3) is 0 Å². The quantitative estimate of drug-likeness (QED) is 0.304. The Morgan fingerprint density at radius 2 is 1.86 bits per heavy atom. The molecule has 13 heteroatoms. The van der Waals surface area contributed by atoms with Gasteiger partial charge in [0.2, 0.25) is 5.88 Å². The number of hydrogen-bond donors (Lipinski definition) is 0. The fourth-order valence-corrected chi connectivity index (χ4v) is 3.18. The molecule has 0 radical (unpaired) electrons. The van der Waals surface area contributed by atoms with Crippen molar-refractivity contribution in [1.29, 1.82) is 0 Å². The monoisotopic (exact) mass is 443 g/mol. The van der Waals surface area contributed by atoms with Crippen LogP contribution < -0.4 is 4.18 Å². The summed E-state index contributed by atoms with van der Waals surface area (Å²) in [4.78, 5) is 21.7. The number of ether oxygens (including phenoxy) is 1. The van der Waals surface area contributed by atoms with Crippen LogP contribution in [0.1, 0.15) is 38.4 Å². The molecular formula is C15H20F3N3O5S2. The molecule has 0 atom stereocenters. The zero-order valence-electron chi connectivity index (χ0n) is 15.7. The maximum absolute atomic E-state index is 12.7. The number of fused-ring (bicyclic) bond motifs is 1. The van der Waals surface area contributed by atoms with Crippen LogP contribution in [0.25, 0.3) is 0 Å². The summed E-state index contributed by atoms with van der Waals surface area (Å²) in [5.41, 5.74) is -5.97. The molecule has 1 aliphatic heterocycles. The van der Waals surface area contributed by atoms with Gasteiger partial charge in [0.1, 0.15) is 5.60 Å². The molecule has 1 aromatic rings. The average Bonchev–Trinajstić information content (AvgIpc) is 2.74. The second kappa shape index (κ2) is 7.93. The molecule has 0 bridgehead atoms. The van der Waals surface area contributed by atoms with Crippen molar-refractivity contribution in [3.63, 3.8) is 0 Å². The third-order valence-corrected chi connectivity index (χ3v) is 5.03. The van der Waals surface area contributed by atoms with E-state index < -0.39 is 33.2 Å². The van der Waals surface area contributed by atoms with Crippen LogP contribution in [0.5, 0.6) is 5.88 Å². The number of carbonyl (C=O) groups excluding carboxylic acids is 1.